The molecule has 10 heteroatoms. The zero-order valence-corrected chi connectivity index (χ0v) is 11.4. The van der Waals surface area contributed by atoms with Gasteiger partial charge in [0.05, 0.1) is 13.3 Å². The van der Waals surface area contributed by atoms with Gasteiger partial charge in [-0.2, -0.15) is 22.9 Å². The first-order valence-corrected chi connectivity index (χ1v) is 5.89. The van der Waals surface area contributed by atoms with Gasteiger partial charge in [0.25, 0.3) is 5.82 Å². The van der Waals surface area contributed by atoms with Gasteiger partial charge < -0.3 is 9.84 Å². The molecule has 2 N–H and O–H groups in total. The maximum atomic E-state index is 12.7. The number of hydrogen-bond donors (Lipinski definition) is 2. The van der Waals surface area contributed by atoms with Crippen molar-refractivity contribution in [2.75, 3.05) is 7.11 Å². The van der Waals surface area contributed by atoms with Crippen LogP contribution in [0.1, 0.15) is 11.4 Å². The third-order valence-electron chi connectivity index (χ3n) is 2.43. The Morgan fingerprint density at radius 3 is 2.76 bits per heavy atom. The van der Waals surface area contributed by atoms with E-state index in [1.165, 1.54) is 25.3 Å². The summed E-state index contributed by atoms with van der Waals surface area (Å²) in [4.78, 5) is 0. The summed E-state index contributed by atoms with van der Waals surface area (Å²) in [5.74, 6) is -1.18. The highest BCUT2D eigenvalue weighted by Crippen LogP contribution is 2.28. The number of phenolic OH excluding ortho intramolecular Hbond substituents is 1. The van der Waals surface area contributed by atoms with Gasteiger partial charge in [-0.1, -0.05) is 0 Å². The van der Waals surface area contributed by atoms with Gasteiger partial charge in [0, 0.05) is 0 Å². The number of nitrogens with zero attached hydrogens (tertiary/aromatic N) is 3. The van der Waals surface area contributed by atoms with Gasteiger partial charge in [-0.3, -0.25) is 0 Å². The van der Waals surface area contributed by atoms with E-state index in [9.17, 15) is 18.3 Å². The summed E-state index contributed by atoms with van der Waals surface area (Å²) in [5, 5.41) is 18.3. The highest BCUT2D eigenvalue weighted by atomic mass is 32.1. The van der Waals surface area contributed by atoms with E-state index in [1.54, 1.807) is 0 Å². The van der Waals surface area contributed by atoms with Crippen LogP contribution in [0, 0.1) is 4.77 Å². The summed E-state index contributed by atoms with van der Waals surface area (Å²) in [6, 6.07) is 4.26. The smallest absolute Gasteiger partial charge is 0.453 e. The van der Waals surface area contributed by atoms with Crippen LogP contribution in [0.15, 0.2) is 23.3 Å². The molecule has 0 aliphatic carbocycles. The first-order valence-electron chi connectivity index (χ1n) is 5.49. The van der Waals surface area contributed by atoms with Crippen molar-refractivity contribution in [1.29, 1.82) is 0 Å². The number of nitrogens with one attached hydrogen (secondary N) is 1. The van der Waals surface area contributed by atoms with E-state index >= 15 is 0 Å². The lowest BCUT2D eigenvalue weighted by Gasteiger charge is -2.05. The molecule has 0 unspecified atom stereocenters. The number of alkyl halides is 3. The lowest BCUT2D eigenvalue weighted by molar-refractivity contribution is -0.147. The quantitative estimate of drug-likeness (QED) is 0.674. The molecule has 1 aromatic carbocycles. The molecule has 1 aromatic heterocycles. The van der Waals surface area contributed by atoms with E-state index in [1.807, 2.05) is 5.10 Å². The molecule has 2 aromatic rings. The molecule has 0 fully saturated rings. The minimum Gasteiger partial charge on any atom is -0.504 e. The van der Waals surface area contributed by atoms with Gasteiger partial charge in [0.15, 0.2) is 11.5 Å². The van der Waals surface area contributed by atoms with E-state index in [2.05, 4.69) is 22.4 Å². The number of aromatic amines is 1. The van der Waals surface area contributed by atoms with Gasteiger partial charge in [-0.25, -0.2) is 5.10 Å². The Morgan fingerprint density at radius 1 is 1.48 bits per heavy atom. The molecule has 0 amide bonds. The molecule has 2 rings (SSSR count). The number of methoxy groups -OCH3 is 1. The van der Waals surface area contributed by atoms with E-state index in [-0.39, 0.29) is 16.3 Å². The molecular weight excluding hydrogens is 309 g/mol. The molecule has 21 heavy (non-hydrogen) atoms. The number of rotatable bonds is 3. The van der Waals surface area contributed by atoms with Gasteiger partial charge in [-0.05, 0) is 36.0 Å². The minimum absolute atomic E-state index is 0.159. The largest absolute Gasteiger partial charge is 0.504 e. The monoisotopic (exact) mass is 318 g/mol. The fraction of sp³-hybridized carbons (Fsp3) is 0.182. The van der Waals surface area contributed by atoms with Crippen LogP contribution in [-0.4, -0.2) is 33.3 Å². The number of H-pyrrole nitrogens is 1. The maximum Gasteiger partial charge on any atom is 0.453 e. The van der Waals surface area contributed by atoms with Crippen molar-refractivity contribution in [3.05, 3.63) is 34.4 Å². The van der Waals surface area contributed by atoms with Crippen molar-refractivity contribution < 1.29 is 23.0 Å². The summed E-state index contributed by atoms with van der Waals surface area (Å²) >= 11 is 4.68. The normalized spacial score (nSPS) is 12.0. The third-order valence-corrected chi connectivity index (χ3v) is 2.69. The Morgan fingerprint density at radius 2 is 2.19 bits per heavy atom. The molecule has 0 saturated carbocycles. The number of ether oxygens (including phenoxy) is 1. The molecule has 0 aliphatic rings. The van der Waals surface area contributed by atoms with E-state index in [0.717, 1.165) is 6.21 Å². The van der Waals surface area contributed by atoms with Crippen molar-refractivity contribution in [2.45, 2.75) is 6.18 Å². The maximum absolute atomic E-state index is 12.7. The molecule has 0 saturated heterocycles. The summed E-state index contributed by atoms with van der Waals surface area (Å²) in [6.45, 7) is 0. The van der Waals surface area contributed by atoms with Crippen molar-refractivity contribution >= 4 is 18.4 Å². The average molecular weight is 318 g/mol. The number of aromatic nitrogens is 3. The summed E-state index contributed by atoms with van der Waals surface area (Å²) < 4.78 is 43.0. The standard InChI is InChI=1S/C11H9F3N4O2S/c1-20-8-3-2-6(4-7(8)19)5-15-18-9(11(12,13)14)16-17-10(18)21/h2-5,19H,1H3,(H,17,21)/b15-5+. The zero-order chi connectivity index (χ0) is 15.6. The van der Waals surface area contributed by atoms with Gasteiger partial charge in [0.2, 0.25) is 4.77 Å². The molecule has 0 bridgehead atoms. The Bertz CT molecular complexity index is 736. The van der Waals surface area contributed by atoms with Crippen LogP contribution in [0.4, 0.5) is 13.2 Å². The molecule has 1 heterocycles. The van der Waals surface area contributed by atoms with Crippen molar-refractivity contribution in [3.63, 3.8) is 0 Å². The van der Waals surface area contributed by atoms with Crippen LogP contribution in [0.25, 0.3) is 0 Å². The average Bonchev–Trinajstić information content (AvgIpc) is 2.77. The van der Waals surface area contributed by atoms with Crippen LogP contribution >= 0.6 is 12.2 Å². The first-order chi connectivity index (χ1) is 9.82. The van der Waals surface area contributed by atoms with Crippen molar-refractivity contribution in [1.82, 2.24) is 14.9 Å². The third kappa shape index (κ3) is 3.21. The molecule has 0 radical (unpaired) electrons. The molecule has 0 spiro atoms. The van der Waals surface area contributed by atoms with Crippen LogP contribution < -0.4 is 4.74 Å². The summed E-state index contributed by atoms with van der Waals surface area (Å²) in [6.07, 6.45) is -3.58. The van der Waals surface area contributed by atoms with Crippen LogP contribution in [0.5, 0.6) is 11.5 Å². The number of phenols is 1. The topological polar surface area (TPSA) is 75.4 Å². The Labute approximate surface area is 121 Å². The number of halogens is 3. The first kappa shape index (κ1) is 15.0. The molecule has 0 atom stereocenters. The second kappa shape index (κ2) is 5.56. The second-order valence-electron chi connectivity index (χ2n) is 3.84. The fourth-order valence-corrected chi connectivity index (χ4v) is 1.67. The predicted octanol–water partition coefficient (Wildman–Crippen LogP) is 2.56. The van der Waals surface area contributed by atoms with E-state index < -0.39 is 12.0 Å². The Balaban J connectivity index is 2.36. The minimum atomic E-state index is -4.69. The Hall–Kier alpha value is -2.36. The van der Waals surface area contributed by atoms with Gasteiger partial charge in [0.1, 0.15) is 0 Å². The highest BCUT2D eigenvalue weighted by molar-refractivity contribution is 7.71. The lowest BCUT2D eigenvalue weighted by Crippen LogP contribution is -2.12. The van der Waals surface area contributed by atoms with Crippen molar-refractivity contribution in [2.24, 2.45) is 5.10 Å². The van der Waals surface area contributed by atoms with Crippen LogP contribution in [0.3, 0.4) is 0 Å². The number of aromatic hydroxyl groups is 1. The van der Waals surface area contributed by atoms with Gasteiger partial charge in [-0.15, -0.1) is 5.10 Å². The van der Waals surface area contributed by atoms with Crippen molar-refractivity contribution in [3.8, 4) is 11.5 Å². The molecule has 6 nitrogen and oxygen atoms in total. The second-order valence-corrected chi connectivity index (χ2v) is 4.22. The summed E-state index contributed by atoms with van der Waals surface area (Å²) in [5.41, 5.74) is 0.365. The SMILES string of the molecule is COc1ccc(/C=N/n2c(C(F)(F)F)n[nH]c2=S)cc1O. The lowest BCUT2D eigenvalue weighted by atomic mass is 10.2. The predicted molar refractivity (Wildman–Crippen MR) is 70.1 cm³/mol. The molecule has 112 valence electrons. The zero-order valence-electron chi connectivity index (χ0n) is 10.5. The summed E-state index contributed by atoms with van der Waals surface area (Å²) in [7, 11) is 1.38. The van der Waals surface area contributed by atoms with E-state index in [0.29, 0.717) is 10.2 Å². The fourth-order valence-electron chi connectivity index (χ4n) is 1.49. The Kier molecular flexibility index (Phi) is 3.98. The number of benzene rings is 1. The number of hydrogen-bond acceptors (Lipinski definition) is 5. The molecular formula is C11H9F3N4O2S. The van der Waals surface area contributed by atoms with Crippen LogP contribution in [0.2, 0.25) is 0 Å². The highest BCUT2D eigenvalue weighted by Gasteiger charge is 2.37. The molecule has 0 aliphatic heterocycles. The van der Waals surface area contributed by atoms with Gasteiger partial charge >= 0.3 is 6.18 Å². The van der Waals surface area contributed by atoms with E-state index in [4.69, 9.17) is 4.74 Å². The van der Waals surface area contributed by atoms with Crippen LogP contribution in [-0.2, 0) is 6.18 Å².